The summed E-state index contributed by atoms with van der Waals surface area (Å²) in [5.74, 6) is 2.42. The molecule has 0 aliphatic heterocycles. The highest BCUT2D eigenvalue weighted by Crippen LogP contribution is 2.00. The van der Waals surface area contributed by atoms with Crippen molar-refractivity contribution >= 4 is 35.8 Å². The molecule has 0 bridgehead atoms. The number of nitrogens with one attached hydrogen (secondary N) is 3. The molecule has 1 aromatic rings. The Labute approximate surface area is 176 Å². The first-order valence-corrected chi connectivity index (χ1v) is 9.47. The van der Waals surface area contributed by atoms with Crippen molar-refractivity contribution in [3.8, 4) is 0 Å². The minimum absolute atomic E-state index is 0. The van der Waals surface area contributed by atoms with Gasteiger partial charge < -0.3 is 20.7 Å². The Morgan fingerprint density at radius 1 is 1.15 bits per heavy atom. The van der Waals surface area contributed by atoms with Crippen molar-refractivity contribution in [3.63, 3.8) is 0 Å². The number of unbranched alkanes of at least 4 members (excludes halogenated alkanes) is 1. The fourth-order valence-corrected chi connectivity index (χ4v) is 2.16. The summed E-state index contributed by atoms with van der Waals surface area (Å²) in [6.45, 7) is 11.5. The molecule has 0 aliphatic rings. The molecule has 0 atom stereocenters. The predicted molar refractivity (Wildman–Crippen MR) is 122 cm³/mol. The van der Waals surface area contributed by atoms with Gasteiger partial charge in [-0.15, -0.1) is 24.0 Å². The fraction of sp³-hybridized carbons (Fsp3) is 0.684. The molecular weight excluding hydrogens is 441 g/mol. The number of rotatable bonds is 13. The second-order valence-electron chi connectivity index (χ2n) is 6.36. The summed E-state index contributed by atoms with van der Waals surface area (Å²) in [6.07, 6.45) is 4.93. The average Bonchev–Trinajstić information content (AvgIpc) is 2.61. The smallest absolute Gasteiger partial charge is 0.191 e. The minimum Gasteiger partial charge on any atom is -0.381 e. The highest BCUT2D eigenvalue weighted by molar-refractivity contribution is 14.0. The monoisotopic (exact) mass is 477 g/mol. The van der Waals surface area contributed by atoms with Crippen molar-refractivity contribution in [2.75, 3.05) is 44.7 Å². The third-order valence-corrected chi connectivity index (χ3v) is 3.38. The molecule has 0 aromatic carbocycles. The first-order chi connectivity index (χ1) is 12.2. The van der Waals surface area contributed by atoms with E-state index in [1.165, 1.54) is 0 Å². The maximum Gasteiger partial charge on any atom is 0.191 e. The SMILES string of the molecule is CCNC(=NCCCOCC(C)C)NCCCCNc1ccccn1.I. The molecular formula is C19H36IN5O. The van der Waals surface area contributed by atoms with E-state index in [0.29, 0.717) is 5.92 Å². The van der Waals surface area contributed by atoms with Crippen LogP contribution in [0.4, 0.5) is 5.82 Å². The van der Waals surface area contributed by atoms with Gasteiger partial charge in [-0.25, -0.2) is 4.98 Å². The molecule has 0 saturated heterocycles. The third kappa shape index (κ3) is 14.1. The molecule has 1 rings (SSSR count). The van der Waals surface area contributed by atoms with E-state index in [-0.39, 0.29) is 24.0 Å². The van der Waals surface area contributed by atoms with E-state index in [4.69, 9.17) is 4.74 Å². The molecule has 0 fully saturated rings. The van der Waals surface area contributed by atoms with Crippen molar-refractivity contribution in [1.82, 2.24) is 15.6 Å². The molecule has 26 heavy (non-hydrogen) atoms. The lowest BCUT2D eigenvalue weighted by Crippen LogP contribution is -2.38. The van der Waals surface area contributed by atoms with E-state index in [1.54, 1.807) is 6.20 Å². The standard InChI is InChI=1S/C19H35N5O.HI/c1-4-20-19(24-14-9-15-25-16-17(2)3)23-13-8-7-12-22-18-10-5-6-11-21-18;/h5-6,10-11,17H,4,7-9,12-16H2,1-3H3,(H,21,22)(H2,20,23,24);1H. The van der Waals surface area contributed by atoms with E-state index in [9.17, 15) is 0 Å². The Morgan fingerprint density at radius 2 is 1.96 bits per heavy atom. The molecule has 0 saturated carbocycles. The highest BCUT2D eigenvalue weighted by Gasteiger charge is 1.98. The number of hydrogen-bond acceptors (Lipinski definition) is 4. The topological polar surface area (TPSA) is 70.6 Å². The van der Waals surface area contributed by atoms with Gasteiger partial charge in [0, 0.05) is 45.6 Å². The van der Waals surface area contributed by atoms with Crippen molar-refractivity contribution < 1.29 is 4.74 Å². The number of aliphatic imine (C=N–C) groups is 1. The van der Waals surface area contributed by atoms with Crippen LogP contribution in [-0.4, -0.2) is 50.3 Å². The van der Waals surface area contributed by atoms with Crippen LogP contribution >= 0.6 is 24.0 Å². The zero-order valence-electron chi connectivity index (χ0n) is 16.5. The van der Waals surface area contributed by atoms with Gasteiger partial charge in [0.25, 0.3) is 0 Å². The van der Waals surface area contributed by atoms with Gasteiger partial charge in [0.1, 0.15) is 5.82 Å². The van der Waals surface area contributed by atoms with Crippen LogP contribution in [0.15, 0.2) is 29.4 Å². The fourth-order valence-electron chi connectivity index (χ4n) is 2.16. The third-order valence-electron chi connectivity index (χ3n) is 3.38. The first-order valence-electron chi connectivity index (χ1n) is 9.47. The van der Waals surface area contributed by atoms with Crippen LogP contribution in [0.1, 0.15) is 40.0 Å². The van der Waals surface area contributed by atoms with E-state index >= 15 is 0 Å². The molecule has 0 amide bonds. The second kappa shape index (κ2) is 17.3. The van der Waals surface area contributed by atoms with Crippen LogP contribution in [0.5, 0.6) is 0 Å². The highest BCUT2D eigenvalue weighted by atomic mass is 127. The Kier molecular flexibility index (Phi) is 16.6. The largest absolute Gasteiger partial charge is 0.381 e. The van der Waals surface area contributed by atoms with Gasteiger partial charge in [-0.1, -0.05) is 19.9 Å². The summed E-state index contributed by atoms with van der Waals surface area (Å²) in [6, 6.07) is 5.90. The van der Waals surface area contributed by atoms with Crippen LogP contribution < -0.4 is 16.0 Å². The molecule has 6 nitrogen and oxygen atoms in total. The molecule has 3 N–H and O–H groups in total. The lowest BCUT2D eigenvalue weighted by atomic mass is 10.2. The lowest BCUT2D eigenvalue weighted by molar-refractivity contribution is 0.109. The number of aromatic nitrogens is 1. The van der Waals surface area contributed by atoms with Gasteiger partial charge in [0.15, 0.2) is 5.96 Å². The van der Waals surface area contributed by atoms with E-state index in [0.717, 1.165) is 70.4 Å². The molecule has 7 heteroatoms. The molecule has 0 radical (unpaired) electrons. The Balaban J connectivity index is 0.00000625. The van der Waals surface area contributed by atoms with Crippen molar-refractivity contribution in [3.05, 3.63) is 24.4 Å². The average molecular weight is 477 g/mol. The van der Waals surface area contributed by atoms with Gasteiger partial charge in [0.2, 0.25) is 0 Å². The van der Waals surface area contributed by atoms with Crippen molar-refractivity contribution in [2.45, 2.75) is 40.0 Å². The van der Waals surface area contributed by atoms with Gasteiger partial charge in [-0.3, -0.25) is 4.99 Å². The predicted octanol–water partition coefficient (Wildman–Crippen LogP) is 3.51. The van der Waals surface area contributed by atoms with Crippen molar-refractivity contribution in [1.29, 1.82) is 0 Å². The summed E-state index contributed by atoms with van der Waals surface area (Å²) in [7, 11) is 0. The van der Waals surface area contributed by atoms with Gasteiger partial charge in [-0.05, 0) is 44.2 Å². The quantitative estimate of drug-likeness (QED) is 0.176. The summed E-state index contributed by atoms with van der Waals surface area (Å²) < 4.78 is 5.58. The number of pyridine rings is 1. The van der Waals surface area contributed by atoms with Crippen LogP contribution in [0.2, 0.25) is 0 Å². The Hall–Kier alpha value is -1.09. The molecule has 1 aromatic heterocycles. The number of anilines is 1. The molecule has 0 spiro atoms. The van der Waals surface area contributed by atoms with Gasteiger partial charge >= 0.3 is 0 Å². The molecule has 150 valence electrons. The summed E-state index contributed by atoms with van der Waals surface area (Å²) in [5, 5.41) is 9.99. The number of nitrogens with zero attached hydrogens (tertiary/aromatic N) is 2. The van der Waals surface area contributed by atoms with Gasteiger partial charge in [-0.2, -0.15) is 0 Å². The van der Waals surface area contributed by atoms with E-state index < -0.39 is 0 Å². The maximum atomic E-state index is 5.58. The number of hydrogen-bond donors (Lipinski definition) is 3. The van der Waals surface area contributed by atoms with E-state index in [2.05, 4.69) is 46.7 Å². The zero-order chi connectivity index (χ0) is 18.2. The van der Waals surface area contributed by atoms with Crippen LogP contribution in [0.3, 0.4) is 0 Å². The zero-order valence-corrected chi connectivity index (χ0v) is 18.8. The normalized spacial score (nSPS) is 11.2. The molecule has 1 heterocycles. The second-order valence-corrected chi connectivity index (χ2v) is 6.36. The number of guanidine groups is 1. The minimum atomic E-state index is 0. The number of ether oxygens (including phenoxy) is 1. The van der Waals surface area contributed by atoms with Crippen LogP contribution in [-0.2, 0) is 4.74 Å². The molecule has 0 unspecified atom stereocenters. The summed E-state index contributed by atoms with van der Waals surface area (Å²) in [5.41, 5.74) is 0. The summed E-state index contributed by atoms with van der Waals surface area (Å²) in [4.78, 5) is 8.83. The van der Waals surface area contributed by atoms with Crippen LogP contribution in [0, 0.1) is 5.92 Å². The Bertz CT molecular complexity index is 457. The number of halogens is 1. The first kappa shape index (κ1) is 24.9. The van der Waals surface area contributed by atoms with E-state index in [1.807, 2.05) is 18.2 Å². The van der Waals surface area contributed by atoms with Gasteiger partial charge in [0.05, 0.1) is 0 Å². The lowest BCUT2D eigenvalue weighted by Gasteiger charge is -2.11. The Morgan fingerprint density at radius 3 is 2.65 bits per heavy atom. The van der Waals surface area contributed by atoms with Crippen molar-refractivity contribution in [2.24, 2.45) is 10.9 Å². The molecule has 0 aliphatic carbocycles. The van der Waals surface area contributed by atoms with Crippen LogP contribution in [0.25, 0.3) is 0 Å². The maximum absolute atomic E-state index is 5.58. The summed E-state index contributed by atoms with van der Waals surface area (Å²) >= 11 is 0.